The Bertz CT molecular complexity index is 664. The molecule has 19 heavy (non-hydrogen) atoms. The smallest absolute Gasteiger partial charge is 0.213 e. The average Bonchev–Trinajstić information content (AvgIpc) is 2.97. The van der Waals surface area contributed by atoms with E-state index in [0.29, 0.717) is 5.57 Å². The van der Waals surface area contributed by atoms with Crippen molar-refractivity contribution in [3.8, 4) is 0 Å². The number of benzene rings is 1. The zero-order valence-electron chi connectivity index (χ0n) is 9.80. The molecule has 0 saturated heterocycles. The van der Waals surface area contributed by atoms with Crippen LogP contribution in [0, 0.1) is 3.57 Å². The van der Waals surface area contributed by atoms with Gasteiger partial charge in [-0.05, 0) is 57.1 Å². The Morgan fingerprint density at radius 1 is 1.32 bits per heavy atom. The van der Waals surface area contributed by atoms with E-state index in [9.17, 15) is 4.79 Å². The molecule has 2 N–H and O–H groups in total. The van der Waals surface area contributed by atoms with E-state index >= 15 is 0 Å². The number of hydrogen-bond acceptors (Lipinski definition) is 4. The number of halogens is 1. The summed E-state index contributed by atoms with van der Waals surface area (Å²) >= 11 is 3.74. The number of thiophene rings is 1. The summed E-state index contributed by atoms with van der Waals surface area (Å²) in [5.41, 5.74) is 8.04. The first kappa shape index (κ1) is 12.7. The van der Waals surface area contributed by atoms with Gasteiger partial charge in [-0.3, -0.25) is 4.79 Å². The van der Waals surface area contributed by atoms with Crippen LogP contribution in [0.4, 0.5) is 0 Å². The maximum Gasteiger partial charge on any atom is 0.213 e. The molecule has 1 aliphatic rings. The Labute approximate surface area is 128 Å². The second-order valence-electron chi connectivity index (χ2n) is 4.17. The molecule has 1 unspecified atom stereocenters. The summed E-state index contributed by atoms with van der Waals surface area (Å²) in [5.74, 6) is 0.140. The van der Waals surface area contributed by atoms with Crippen molar-refractivity contribution >= 4 is 45.3 Å². The van der Waals surface area contributed by atoms with Crippen molar-refractivity contribution in [3.05, 3.63) is 61.7 Å². The molecule has 1 aromatic heterocycles. The molecule has 0 radical (unpaired) electrons. The first-order valence-corrected chi connectivity index (χ1v) is 7.67. The Balaban J connectivity index is 1.99. The lowest BCUT2D eigenvalue weighted by atomic mass is 9.98. The van der Waals surface area contributed by atoms with Crippen LogP contribution in [-0.2, 0) is 9.53 Å². The molecule has 0 fully saturated rings. The molecule has 96 valence electrons. The molecule has 2 aromatic rings. The fourth-order valence-corrected chi connectivity index (χ4v) is 3.28. The largest absolute Gasteiger partial charge is 0.462 e. The second-order valence-corrected chi connectivity index (χ2v) is 6.19. The van der Waals surface area contributed by atoms with E-state index in [1.807, 2.05) is 41.1 Å². The maximum atomic E-state index is 12.5. The molecular formula is C14H10INO2S. The fraction of sp³-hybridized carbons (Fsp3) is 0.0714. The Morgan fingerprint density at radius 2 is 2.16 bits per heavy atom. The summed E-state index contributed by atoms with van der Waals surface area (Å²) in [7, 11) is 0. The number of ketones is 1. The number of carbonyl (C=O) groups excluding carboxylic acids is 1. The van der Waals surface area contributed by atoms with Crippen LogP contribution in [-0.4, -0.2) is 5.78 Å². The van der Waals surface area contributed by atoms with Gasteiger partial charge in [-0.15, -0.1) is 0 Å². The number of ether oxygens (including phenoxy) is 1. The highest BCUT2D eigenvalue weighted by atomic mass is 127. The third kappa shape index (κ3) is 2.28. The van der Waals surface area contributed by atoms with E-state index < -0.39 is 6.10 Å². The predicted octanol–water partition coefficient (Wildman–Crippen LogP) is 3.32. The van der Waals surface area contributed by atoms with Crippen LogP contribution in [0.25, 0.3) is 5.57 Å². The van der Waals surface area contributed by atoms with Gasteiger partial charge in [0.2, 0.25) is 5.78 Å². The molecule has 1 aliphatic heterocycles. The van der Waals surface area contributed by atoms with E-state index in [2.05, 4.69) is 22.6 Å². The molecular weight excluding hydrogens is 373 g/mol. The minimum absolute atomic E-state index is 0.0714. The summed E-state index contributed by atoms with van der Waals surface area (Å²) in [6.45, 7) is 0. The molecule has 1 aromatic carbocycles. The number of carbonyl (C=O) groups is 1. The van der Waals surface area contributed by atoms with Gasteiger partial charge in [0.05, 0.1) is 5.57 Å². The van der Waals surface area contributed by atoms with Crippen molar-refractivity contribution in [1.82, 2.24) is 0 Å². The third-order valence-corrected chi connectivity index (χ3v) is 4.31. The number of Topliss-reactive ketones (excluding diaryl/α,β-unsaturated/α-hetero) is 1. The lowest BCUT2D eigenvalue weighted by molar-refractivity contribution is -0.120. The van der Waals surface area contributed by atoms with Gasteiger partial charge >= 0.3 is 0 Å². The van der Waals surface area contributed by atoms with E-state index in [4.69, 9.17) is 10.5 Å². The van der Waals surface area contributed by atoms with Crippen molar-refractivity contribution in [3.63, 3.8) is 0 Å². The minimum Gasteiger partial charge on any atom is -0.462 e. The molecule has 3 rings (SSSR count). The van der Waals surface area contributed by atoms with Gasteiger partial charge in [0, 0.05) is 9.13 Å². The summed E-state index contributed by atoms with van der Waals surface area (Å²) < 4.78 is 6.59. The van der Waals surface area contributed by atoms with Gasteiger partial charge in [-0.25, -0.2) is 0 Å². The van der Waals surface area contributed by atoms with E-state index in [1.165, 1.54) is 11.3 Å². The highest BCUT2D eigenvalue weighted by Gasteiger charge is 2.36. The van der Waals surface area contributed by atoms with Crippen LogP contribution in [0.1, 0.15) is 17.2 Å². The van der Waals surface area contributed by atoms with Crippen LogP contribution < -0.4 is 5.73 Å². The van der Waals surface area contributed by atoms with Crippen LogP contribution in [0.3, 0.4) is 0 Å². The Kier molecular flexibility index (Phi) is 3.32. The summed E-state index contributed by atoms with van der Waals surface area (Å²) in [6, 6.07) is 9.57. The SMILES string of the molecule is NC1=C(c2cccc(I)c2)C(=O)C(c2ccsc2)O1. The maximum absolute atomic E-state index is 12.5. The van der Waals surface area contributed by atoms with Crippen molar-refractivity contribution in [2.24, 2.45) is 5.73 Å². The quantitative estimate of drug-likeness (QED) is 0.810. The monoisotopic (exact) mass is 383 g/mol. The van der Waals surface area contributed by atoms with Gasteiger partial charge in [-0.2, -0.15) is 11.3 Å². The molecule has 3 nitrogen and oxygen atoms in total. The summed E-state index contributed by atoms with van der Waals surface area (Å²) in [4.78, 5) is 12.5. The van der Waals surface area contributed by atoms with Crippen LogP contribution in [0.15, 0.2) is 47.0 Å². The van der Waals surface area contributed by atoms with Gasteiger partial charge in [0.25, 0.3) is 0 Å². The van der Waals surface area contributed by atoms with Crippen LogP contribution >= 0.6 is 33.9 Å². The number of rotatable bonds is 2. The third-order valence-electron chi connectivity index (χ3n) is 2.93. The molecule has 0 saturated carbocycles. The fourth-order valence-electron chi connectivity index (χ4n) is 2.06. The zero-order chi connectivity index (χ0) is 13.4. The summed E-state index contributed by atoms with van der Waals surface area (Å²) in [5, 5.41) is 3.83. The Morgan fingerprint density at radius 3 is 2.84 bits per heavy atom. The van der Waals surface area contributed by atoms with E-state index in [1.54, 1.807) is 0 Å². The van der Waals surface area contributed by atoms with Crippen molar-refractivity contribution in [1.29, 1.82) is 0 Å². The van der Waals surface area contributed by atoms with Crippen LogP contribution in [0.2, 0.25) is 0 Å². The Hall–Kier alpha value is -1.34. The average molecular weight is 383 g/mol. The number of hydrogen-bond donors (Lipinski definition) is 1. The summed E-state index contributed by atoms with van der Waals surface area (Å²) in [6.07, 6.45) is -0.598. The topological polar surface area (TPSA) is 52.3 Å². The molecule has 1 atom stereocenters. The standard InChI is InChI=1S/C14H10INO2S/c15-10-3-1-2-8(6-10)11-12(17)13(18-14(11)16)9-4-5-19-7-9/h1-7,13H,16H2. The zero-order valence-corrected chi connectivity index (χ0v) is 12.8. The van der Waals surface area contributed by atoms with Crippen molar-refractivity contribution < 1.29 is 9.53 Å². The van der Waals surface area contributed by atoms with Crippen molar-refractivity contribution in [2.45, 2.75) is 6.10 Å². The lowest BCUT2D eigenvalue weighted by Gasteiger charge is -2.07. The van der Waals surface area contributed by atoms with E-state index in [-0.39, 0.29) is 11.7 Å². The molecule has 2 heterocycles. The number of nitrogens with two attached hydrogens (primary N) is 1. The molecule has 0 amide bonds. The van der Waals surface area contributed by atoms with Crippen molar-refractivity contribution in [2.75, 3.05) is 0 Å². The lowest BCUT2D eigenvalue weighted by Crippen LogP contribution is -2.08. The highest BCUT2D eigenvalue weighted by molar-refractivity contribution is 14.1. The second kappa shape index (κ2) is 4.97. The molecule has 0 aliphatic carbocycles. The van der Waals surface area contributed by atoms with E-state index in [0.717, 1.165) is 14.7 Å². The van der Waals surface area contributed by atoms with Crippen LogP contribution in [0.5, 0.6) is 0 Å². The minimum atomic E-state index is -0.598. The first-order valence-electron chi connectivity index (χ1n) is 5.65. The molecule has 0 spiro atoms. The molecule has 5 heteroatoms. The van der Waals surface area contributed by atoms with Gasteiger partial charge < -0.3 is 10.5 Å². The molecule has 0 bridgehead atoms. The first-order chi connectivity index (χ1) is 9.16. The highest BCUT2D eigenvalue weighted by Crippen LogP contribution is 2.36. The van der Waals surface area contributed by atoms with Gasteiger partial charge in [0.15, 0.2) is 12.0 Å². The normalized spacial score (nSPS) is 18.8. The van der Waals surface area contributed by atoms with Gasteiger partial charge in [0.1, 0.15) is 0 Å². The predicted molar refractivity (Wildman–Crippen MR) is 83.4 cm³/mol. The van der Waals surface area contributed by atoms with Gasteiger partial charge in [-0.1, -0.05) is 12.1 Å².